The van der Waals surface area contributed by atoms with Crippen LogP contribution in [0.2, 0.25) is 0 Å². The molecule has 1 aromatic rings. The third-order valence-corrected chi connectivity index (χ3v) is 4.31. The van der Waals surface area contributed by atoms with E-state index in [0.717, 1.165) is 28.4 Å². The highest BCUT2D eigenvalue weighted by atomic mass is 79.9. The highest BCUT2D eigenvalue weighted by Gasteiger charge is 2.44. The zero-order chi connectivity index (χ0) is 15.5. The van der Waals surface area contributed by atoms with E-state index in [9.17, 15) is 9.59 Å². The second-order valence-corrected chi connectivity index (χ2v) is 6.34. The van der Waals surface area contributed by atoms with E-state index in [1.165, 1.54) is 0 Å². The lowest BCUT2D eigenvalue weighted by Gasteiger charge is -2.20. The molecule has 1 aliphatic carbocycles. The van der Waals surface area contributed by atoms with Gasteiger partial charge in [0, 0.05) is 17.0 Å². The summed E-state index contributed by atoms with van der Waals surface area (Å²) in [6, 6.07) is 5.32. The number of benzene rings is 1. The van der Waals surface area contributed by atoms with Crippen LogP contribution < -0.4 is 5.32 Å². The molecular formula is C15H18BrNO4. The summed E-state index contributed by atoms with van der Waals surface area (Å²) in [4.78, 5) is 21.7. The van der Waals surface area contributed by atoms with Crippen LogP contribution in [0.15, 0.2) is 22.7 Å². The van der Waals surface area contributed by atoms with Gasteiger partial charge in [-0.3, -0.25) is 9.59 Å². The number of ether oxygens (including phenoxy) is 1. The molecule has 1 saturated carbocycles. The quantitative estimate of drug-likeness (QED) is 0.702. The Bertz CT molecular complexity index is 542. The first-order valence-electron chi connectivity index (χ1n) is 6.72. The van der Waals surface area contributed by atoms with E-state index in [1.54, 1.807) is 7.11 Å². The van der Waals surface area contributed by atoms with E-state index >= 15 is 0 Å². The molecule has 0 heterocycles. The van der Waals surface area contributed by atoms with Crippen molar-refractivity contribution in [2.45, 2.75) is 30.7 Å². The van der Waals surface area contributed by atoms with Crippen LogP contribution in [-0.2, 0) is 19.7 Å². The summed E-state index contributed by atoms with van der Waals surface area (Å²) >= 11 is 3.47. The molecule has 21 heavy (non-hydrogen) atoms. The van der Waals surface area contributed by atoms with Crippen molar-refractivity contribution in [1.29, 1.82) is 0 Å². The van der Waals surface area contributed by atoms with Crippen molar-refractivity contribution in [3.05, 3.63) is 33.8 Å². The van der Waals surface area contributed by atoms with E-state index in [-0.39, 0.29) is 11.8 Å². The fourth-order valence-electron chi connectivity index (χ4n) is 2.59. The topological polar surface area (TPSA) is 75.6 Å². The van der Waals surface area contributed by atoms with Crippen LogP contribution in [-0.4, -0.2) is 31.2 Å². The van der Waals surface area contributed by atoms with Crippen LogP contribution in [0, 0.1) is 0 Å². The van der Waals surface area contributed by atoms with Crippen LogP contribution in [0.5, 0.6) is 0 Å². The third kappa shape index (κ3) is 3.83. The number of halogens is 1. The molecule has 1 aliphatic rings. The van der Waals surface area contributed by atoms with E-state index in [4.69, 9.17) is 9.84 Å². The summed E-state index contributed by atoms with van der Waals surface area (Å²) in [6.07, 6.45) is 2.50. The van der Waals surface area contributed by atoms with Crippen molar-refractivity contribution < 1.29 is 19.4 Å². The predicted octanol–water partition coefficient (Wildman–Crippen LogP) is 2.39. The fraction of sp³-hybridized carbons (Fsp3) is 0.467. The average molecular weight is 356 g/mol. The molecule has 1 amide bonds. The number of methoxy groups -OCH3 is 1. The molecule has 0 radical (unpaired) electrons. The molecule has 0 bridgehead atoms. The standard InChI is InChI=1S/C15H18BrNO4/c1-21-8-15(2-3-15)11-4-10(5-12(16)6-11)13(17-9-18)7-14(19)20/h4-6,9,13H,2-3,7-8H2,1H3,(H,17,18)(H,19,20). The molecule has 114 valence electrons. The summed E-state index contributed by atoms with van der Waals surface area (Å²) in [5, 5.41) is 11.6. The molecule has 6 heteroatoms. The first kappa shape index (κ1) is 16.0. The number of carboxylic acid groups (broad SMARTS) is 1. The minimum Gasteiger partial charge on any atom is -0.481 e. The summed E-state index contributed by atoms with van der Waals surface area (Å²) in [5.74, 6) is -0.950. The Balaban J connectivity index is 2.33. The summed E-state index contributed by atoms with van der Waals surface area (Å²) < 4.78 is 6.17. The minimum absolute atomic E-state index is 0.0300. The number of hydrogen-bond donors (Lipinski definition) is 2. The smallest absolute Gasteiger partial charge is 0.305 e. The van der Waals surface area contributed by atoms with Gasteiger partial charge in [-0.1, -0.05) is 22.0 Å². The molecular weight excluding hydrogens is 338 g/mol. The lowest BCUT2D eigenvalue weighted by Crippen LogP contribution is -2.23. The predicted molar refractivity (Wildman–Crippen MR) is 81.1 cm³/mol. The lowest BCUT2D eigenvalue weighted by molar-refractivity contribution is -0.137. The highest BCUT2D eigenvalue weighted by Crippen LogP contribution is 2.49. The van der Waals surface area contributed by atoms with Crippen LogP contribution in [0.4, 0.5) is 0 Å². The molecule has 2 rings (SSSR count). The summed E-state index contributed by atoms with van der Waals surface area (Å²) in [6.45, 7) is 0.646. The molecule has 5 nitrogen and oxygen atoms in total. The maximum absolute atomic E-state index is 11.0. The van der Waals surface area contributed by atoms with Crippen LogP contribution in [0.1, 0.15) is 36.4 Å². The number of carboxylic acids is 1. The zero-order valence-corrected chi connectivity index (χ0v) is 13.4. The van der Waals surface area contributed by atoms with Gasteiger partial charge in [0.1, 0.15) is 0 Å². The Labute approximate surface area is 131 Å². The largest absolute Gasteiger partial charge is 0.481 e. The number of amides is 1. The number of hydrogen-bond acceptors (Lipinski definition) is 3. The molecule has 1 atom stereocenters. The van der Waals surface area contributed by atoms with Crippen molar-refractivity contribution in [3.63, 3.8) is 0 Å². The van der Waals surface area contributed by atoms with Gasteiger partial charge >= 0.3 is 5.97 Å². The zero-order valence-electron chi connectivity index (χ0n) is 11.8. The first-order chi connectivity index (χ1) is 10.0. The Hall–Kier alpha value is -1.40. The van der Waals surface area contributed by atoms with Crippen molar-refractivity contribution in [3.8, 4) is 0 Å². The molecule has 0 aliphatic heterocycles. The van der Waals surface area contributed by atoms with Gasteiger partial charge in [0.15, 0.2) is 0 Å². The maximum Gasteiger partial charge on any atom is 0.305 e. The third-order valence-electron chi connectivity index (χ3n) is 3.86. The van der Waals surface area contributed by atoms with E-state index in [0.29, 0.717) is 13.0 Å². The molecule has 0 spiro atoms. The van der Waals surface area contributed by atoms with Crippen molar-refractivity contribution in [2.24, 2.45) is 0 Å². The van der Waals surface area contributed by atoms with Gasteiger partial charge in [-0.2, -0.15) is 0 Å². The monoisotopic (exact) mass is 355 g/mol. The molecule has 0 aromatic heterocycles. The Kier molecular flexibility index (Phi) is 5.00. The van der Waals surface area contributed by atoms with E-state index in [1.807, 2.05) is 18.2 Å². The van der Waals surface area contributed by atoms with Gasteiger partial charge in [-0.05, 0) is 36.1 Å². The van der Waals surface area contributed by atoms with Gasteiger partial charge < -0.3 is 15.2 Å². The molecule has 1 fully saturated rings. The van der Waals surface area contributed by atoms with Gasteiger partial charge in [0.2, 0.25) is 6.41 Å². The number of nitrogens with one attached hydrogen (secondary N) is 1. The number of rotatable bonds is 8. The SMILES string of the molecule is COCC1(c2cc(Br)cc(C(CC(=O)O)NC=O)c2)CC1. The number of carbonyl (C=O) groups excluding carboxylic acids is 1. The number of carbonyl (C=O) groups is 2. The lowest BCUT2D eigenvalue weighted by atomic mass is 9.92. The molecule has 1 aromatic carbocycles. The summed E-state index contributed by atoms with van der Waals surface area (Å²) in [7, 11) is 1.68. The van der Waals surface area contributed by atoms with E-state index in [2.05, 4.69) is 21.2 Å². The minimum atomic E-state index is -0.950. The highest BCUT2D eigenvalue weighted by molar-refractivity contribution is 9.10. The second-order valence-electron chi connectivity index (χ2n) is 5.42. The second kappa shape index (κ2) is 6.58. The van der Waals surface area contributed by atoms with Gasteiger partial charge in [0.25, 0.3) is 0 Å². The van der Waals surface area contributed by atoms with Gasteiger partial charge in [-0.25, -0.2) is 0 Å². The normalized spacial score (nSPS) is 17.0. The summed E-state index contributed by atoms with van der Waals surface area (Å²) in [5.41, 5.74) is 1.94. The van der Waals surface area contributed by atoms with Crippen molar-refractivity contribution in [1.82, 2.24) is 5.32 Å². The first-order valence-corrected chi connectivity index (χ1v) is 7.51. The van der Waals surface area contributed by atoms with Crippen molar-refractivity contribution in [2.75, 3.05) is 13.7 Å². The Morgan fingerprint density at radius 3 is 2.76 bits per heavy atom. The maximum atomic E-state index is 11.0. The molecule has 2 N–H and O–H groups in total. The fourth-order valence-corrected chi connectivity index (χ4v) is 3.10. The van der Waals surface area contributed by atoms with E-state index < -0.39 is 12.0 Å². The van der Waals surface area contributed by atoms with Gasteiger partial charge in [-0.15, -0.1) is 0 Å². The molecule has 0 saturated heterocycles. The van der Waals surface area contributed by atoms with Crippen LogP contribution in [0.25, 0.3) is 0 Å². The molecule has 1 unspecified atom stereocenters. The number of aliphatic carboxylic acids is 1. The van der Waals surface area contributed by atoms with Crippen LogP contribution in [0.3, 0.4) is 0 Å². The average Bonchev–Trinajstić information content (AvgIpc) is 3.18. The van der Waals surface area contributed by atoms with Gasteiger partial charge in [0.05, 0.1) is 19.1 Å². The Morgan fingerprint density at radius 2 is 2.24 bits per heavy atom. The Morgan fingerprint density at radius 1 is 1.52 bits per heavy atom. The van der Waals surface area contributed by atoms with Crippen LogP contribution >= 0.6 is 15.9 Å². The van der Waals surface area contributed by atoms with Crippen molar-refractivity contribution >= 4 is 28.3 Å².